The molecule has 0 bridgehead atoms. The van der Waals surface area contributed by atoms with Gasteiger partial charge in [0, 0.05) is 24.4 Å². The third-order valence-electron chi connectivity index (χ3n) is 2.96. The van der Waals surface area contributed by atoms with Crippen LogP contribution in [-0.2, 0) is 0 Å². The van der Waals surface area contributed by atoms with Crippen molar-refractivity contribution in [2.75, 3.05) is 0 Å². The van der Waals surface area contributed by atoms with Gasteiger partial charge in [-0.2, -0.15) is 0 Å². The minimum Gasteiger partial charge on any atom is -0.349 e. The Hall–Kier alpha value is -2.24. The summed E-state index contributed by atoms with van der Waals surface area (Å²) >= 11 is 0. The van der Waals surface area contributed by atoms with E-state index in [2.05, 4.69) is 10.3 Å². The number of carbonyl (C=O) groups excluding carboxylic acids is 1. The normalized spacial score (nSPS) is 11.2. The zero-order chi connectivity index (χ0) is 14.6. The molecule has 1 heterocycles. The van der Waals surface area contributed by atoms with E-state index in [-0.39, 0.29) is 6.42 Å². The second-order valence-corrected chi connectivity index (χ2v) is 4.41. The van der Waals surface area contributed by atoms with Crippen LogP contribution in [0.5, 0.6) is 0 Å². The molecule has 104 valence electrons. The third-order valence-corrected chi connectivity index (χ3v) is 2.96. The summed E-state index contributed by atoms with van der Waals surface area (Å²) in [7, 11) is 0. The first-order valence-electron chi connectivity index (χ1n) is 6.30. The lowest BCUT2D eigenvalue weighted by atomic mass is 10.0. The zero-order valence-electron chi connectivity index (χ0n) is 11.1. The molecule has 3 N–H and O–H groups in total. The van der Waals surface area contributed by atoms with E-state index >= 15 is 0 Å². The maximum Gasteiger partial charge on any atom is 0.256 e. The smallest absolute Gasteiger partial charge is 0.256 e. The summed E-state index contributed by atoms with van der Waals surface area (Å²) in [5.74, 6) is -2.77. The molecule has 1 amide bonds. The van der Waals surface area contributed by atoms with Gasteiger partial charge in [-0.1, -0.05) is 37.3 Å². The lowest BCUT2D eigenvalue weighted by molar-refractivity contribution is -0.177. The highest BCUT2D eigenvalue weighted by atomic mass is 16.5. The predicted molar refractivity (Wildman–Crippen MR) is 74.6 cm³/mol. The molecule has 2 aromatic rings. The topological polar surface area (TPSA) is 82.5 Å². The number of carbonyl (C=O) groups is 1. The first-order valence-corrected chi connectivity index (χ1v) is 6.30. The fraction of sp³-hybridized carbons (Fsp3) is 0.200. The highest BCUT2D eigenvalue weighted by Crippen LogP contribution is 2.22. The van der Waals surface area contributed by atoms with Crippen LogP contribution in [-0.4, -0.2) is 27.0 Å². The molecule has 1 aromatic heterocycles. The van der Waals surface area contributed by atoms with E-state index in [1.807, 2.05) is 30.3 Å². The third kappa shape index (κ3) is 3.20. The molecule has 0 atom stereocenters. The molecule has 0 saturated carbocycles. The van der Waals surface area contributed by atoms with Crippen molar-refractivity contribution >= 4 is 5.91 Å². The molecular weight excluding hydrogens is 256 g/mol. The maximum atomic E-state index is 12.2. The first kappa shape index (κ1) is 14.2. The number of hydrogen-bond donors (Lipinski definition) is 3. The Labute approximate surface area is 116 Å². The van der Waals surface area contributed by atoms with E-state index in [0.29, 0.717) is 11.1 Å². The molecular formula is C15H16N2O3. The number of nitrogens with one attached hydrogen (secondary N) is 1. The quantitative estimate of drug-likeness (QED) is 0.737. The Morgan fingerprint density at radius 3 is 2.60 bits per heavy atom. The lowest BCUT2D eigenvalue weighted by Crippen LogP contribution is -2.47. The van der Waals surface area contributed by atoms with Crippen LogP contribution in [0.3, 0.4) is 0 Å². The molecule has 0 aliphatic rings. The van der Waals surface area contributed by atoms with E-state index in [9.17, 15) is 15.0 Å². The SMILES string of the molecule is CCC(O)(O)NC(=O)c1ccncc1-c1ccccc1. The first-order chi connectivity index (χ1) is 9.53. The average molecular weight is 272 g/mol. The number of rotatable bonds is 4. The van der Waals surface area contributed by atoms with Crippen LogP contribution < -0.4 is 5.32 Å². The Kier molecular flexibility index (Phi) is 4.12. The Morgan fingerprint density at radius 2 is 1.95 bits per heavy atom. The summed E-state index contributed by atoms with van der Waals surface area (Å²) in [6.45, 7) is 1.56. The lowest BCUT2D eigenvalue weighted by Gasteiger charge is -2.21. The second-order valence-electron chi connectivity index (χ2n) is 4.41. The zero-order valence-corrected chi connectivity index (χ0v) is 11.1. The molecule has 20 heavy (non-hydrogen) atoms. The molecule has 0 unspecified atom stereocenters. The van der Waals surface area contributed by atoms with Gasteiger partial charge in [-0.15, -0.1) is 0 Å². The van der Waals surface area contributed by atoms with E-state index in [4.69, 9.17) is 0 Å². The Bertz CT molecular complexity index is 597. The van der Waals surface area contributed by atoms with Crippen LogP contribution in [0.1, 0.15) is 23.7 Å². The van der Waals surface area contributed by atoms with Crippen LogP contribution in [0, 0.1) is 0 Å². The van der Waals surface area contributed by atoms with Gasteiger partial charge in [-0.05, 0) is 11.6 Å². The number of aromatic nitrogens is 1. The highest BCUT2D eigenvalue weighted by molar-refractivity contribution is 6.00. The highest BCUT2D eigenvalue weighted by Gasteiger charge is 2.24. The fourth-order valence-corrected chi connectivity index (χ4v) is 1.78. The number of benzene rings is 1. The van der Waals surface area contributed by atoms with Crippen molar-refractivity contribution in [3.05, 3.63) is 54.4 Å². The van der Waals surface area contributed by atoms with Gasteiger partial charge in [0.1, 0.15) is 0 Å². The van der Waals surface area contributed by atoms with Crippen LogP contribution in [0.4, 0.5) is 0 Å². The van der Waals surface area contributed by atoms with Crippen LogP contribution >= 0.6 is 0 Å². The summed E-state index contributed by atoms with van der Waals surface area (Å²) < 4.78 is 0. The van der Waals surface area contributed by atoms with Crippen molar-refractivity contribution in [2.24, 2.45) is 0 Å². The van der Waals surface area contributed by atoms with Gasteiger partial charge in [-0.3, -0.25) is 9.78 Å². The molecule has 0 saturated heterocycles. The van der Waals surface area contributed by atoms with Crippen LogP contribution in [0.15, 0.2) is 48.8 Å². The monoisotopic (exact) mass is 272 g/mol. The number of amides is 1. The van der Waals surface area contributed by atoms with Crippen molar-refractivity contribution in [1.29, 1.82) is 0 Å². The molecule has 5 heteroatoms. The van der Waals surface area contributed by atoms with Gasteiger partial charge in [0.15, 0.2) is 0 Å². The molecule has 0 aliphatic heterocycles. The van der Waals surface area contributed by atoms with Gasteiger partial charge in [-0.25, -0.2) is 0 Å². The molecule has 1 aromatic carbocycles. The van der Waals surface area contributed by atoms with E-state index in [1.54, 1.807) is 19.2 Å². The van der Waals surface area contributed by atoms with Crippen LogP contribution in [0.25, 0.3) is 11.1 Å². The molecule has 0 aliphatic carbocycles. The summed E-state index contributed by atoms with van der Waals surface area (Å²) in [6.07, 6.45) is 3.06. The largest absolute Gasteiger partial charge is 0.349 e. The van der Waals surface area contributed by atoms with Gasteiger partial charge in [0.2, 0.25) is 5.91 Å². The van der Waals surface area contributed by atoms with Gasteiger partial charge >= 0.3 is 0 Å². The summed E-state index contributed by atoms with van der Waals surface area (Å²) in [5.41, 5.74) is 1.81. The molecule has 5 nitrogen and oxygen atoms in total. The minimum absolute atomic E-state index is 0.00943. The second kappa shape index (κ2) is 5.81. The van der Waals surface area contributed by atoms with Crippen molar-refractivity contribution < 1.29 is 15.0 Å². The van der Waals surface area contributed by atoms with E-state index < -0.39 is 11.8 Å². The van der Waals surface area contributed by atoms with Crippen molar-refractivity contribution in [2.45, 2.75) is 19.3 Å². The maximum absolute atomic E-state index is 12.2. The summed E-state index contributed by atoms with van der Waals surface area (Å²) in [5, 5.41) is 21.2. The van der Waals surface area contributed by atoms with Gasteiger partial charge in [0.05, 0.1) is 5.56 Å². The number of aliphatic hydroxyl groups is 2. The number of hydrogen-bond acceptors (Lipinski definition) is 4. The number of pyridine rings is 1. The summed E-state index contributed by atoms with van der Waals surface area (Å²) in [4.78, 5) is 16.2. The fourth-order valence-electron chi connectivity index (χ4n) is 1.78. The Morgan fingerprint density at radius 1 is 1.25 bits per heavy atom. The van der Waals surface area contributed by atoms with Gasteiger partial charge < -0.3 is 15.5 Å². The standard InChI is InChI=1S/C15H16N2O3/c1-2-15(19,20)17-14(18)12-8-9-16-10-13(12)11-6-4-3-5-7-11/h3-10,19-20H,2H2,1H3,(H,17,18). The summed E-state index contributed by atoms with van der Waals surface area (Å²) in [6, 6.07) is 10.9. The van der Waals surface area contributed by atoms with Crippen LogP contribution in [0.2, 0.25) is 0 Å². The minimum atomic E-state index is -2.21. The average Bonchev–Trinajstić information content (AvgIpc) is 2.48. The molecule has 0 spiro atoms. The molecule has 0 fully saturated rings. The van der Waals surface area contributed by atoms with Gasteiger partial charge in [0.25, 0.3) is 5.91 Å². The van der Waals surface area contributed by atoms with Crippen molar-refractivity contribution in [1.82, 2.24) is 10.3 Å². The van der Waals surface area contributed by atoms with Crippen molar-refractivity contribution in [3.63, 3.8) is 0 Å². The Balaban J connectivity index is 2.36. The van der Waals surface area contributed by atoms with E-state index in [1.165, 1.54) is 6.20 Å². The predicted octanol–water partition coefficient (Wildman–Crippen LogP) is 1.53. The van der Waals surface area contributed by atoms with E-state index in [0.717, 1.165) is 5.56 Å². The molecule has 2 rings (SSSR count). The number of nitrogens with zero attached hydrogens (tertiary/aromatic N) is 1. The van der Waals surface area contributed by atoms with Crippen molar-refractivity contribution in [3.8, 4) is 11.1 Å². The molecule has 0 radical (unpaired) electrons.